The SMILES string of the molecule is CNc1cc(Nc2cnccn2)c(NC)c(NC)c1OC(C)=O. The fourth-order valence-corrected chi connectivity index (χ4v) is 2.20. The van der Waals surface area contributed by atoms with Crippen LogP contribution in [0.3, 0.4) is 0 Å². The van der Waals surface area contributed by atoms with Gasteiger partial charge >= 0.3 is 5.97 Å². The quantitative estimate of drug-likeness (QED) is 0.476. The van der Waals surface area contributed by atoms with E-state index in [2.05, 4.69) is 31.2 Å². The highest BCUT2D eigenvalue weighted by molar-refractivity contribution is 5.95. The van der Waals surface area contributed by atoms with Gasteiger partial charge in [0.1, 0.15) is 11.5 Å². The molecule has 0 radical (unpaired) electrons. The molecule has 0 amide bonds. The number of nitrogens with zero attached hydrogens (tertiary/aromatic N) is 2. The second kappa shape index (κ2) is 7.30. The lowest BCUT2D eigenvalue weighted by atomic mass is 10.1. The van der Waals surface area contributed by atoms with Crippen LogP contribution in [0.1, 0.15) is 6.92 Å². The molecule has 0 aliphatic carbocycles. The monoisotopic (exact) mass is 316 g/mol. The fraction of sp³-hybridized carbons (Fsp3) is 0.267. The normalized spacial score (nSPS) is 9.91. The van der Waals surface area contributed by atoms with Crippen molar-refractivity contribution in [1.29, 1.82) is 0 Å². The molecule has 122 valence electrons. The molecule has 23 heavy (non-hydrogen) atoms. The Morgan fingerprint density at radius 3 is 2.30 bits per heavy atom. The third-order valence-corrected chi connectivity index (χ3v) is 3.12. The average Bonchev–Trinajstić information content (AvgIpc) is 2.55. The number of rotatable bonds is 6. The first-order valence-electron chi connectivity index (χ1n) is 7.06. The van der Waals surface area contributed by atoms with Crippen molar-refractivity contribution in [1.82, 2.24) is 9.97 Å². The van der Waals surface area contributed by atoms with Gasteiger partial charge in [-0.15, -0.1) is 0 Å². The highest BCUT2D eigenvalue weighted by Gasteiger charge is 2.19. The maximum atomic E-state index is 11.4. The molecule has 0 saturated heterocycles. The summed E-state index contributed by atoms with van der Waals surface area (Å²) in [6, 6.07) is 1.83. The van der Waals surface area contributed by atoms with Crippen LogP contribution in [-0.4, -0.2) is 37.1 Å². The molecule has 0 fully saturated rings. The predicted octanol–water partition coefficient (Wildman–Crippen LogP) is 2.27. The molecular formula is C15H20N6O2. The summed E-state index contributed by atoms with van der Waals surface area (Å²) in [7, 11) is 5.30. The summed E-state index contributed by atoms with van der Waals surface area (Å²) in [5.41, 5.74) is 2.82. The van der Waals surface area contributed by atoms with E-state index >= 15 is 0 Å². The number of nitrogens with one attached hydrogen (secondary N) is 4. The number of aromatic nitrogens is 2. The van der Waals surface area contributed by atoms with E-state index in [0.29, 0.717) is 22.9 Å². The maximum Gasteiger partial charge on any atom is 0.308 e. The Morgan fingerprint density at radius 2 is 1.78 bits per heavy atom. The lowest BCUT2D eigenvalue weighted by Crippen LogP contribution is -2.10. The minimum Gasteiger partial charge on any atom is -0.422 e. The summed E-state index contributed by atoms with van der Waals surface area (Å²) >= 11 is 0. The third-order valence-electron chi connectivity index (χ3n) is 3.12. The Bertz CT molecular complexity index is 690. The molecule has 2 aromatic rings. The van der Waals surface area contributed by atoms with Crippen LogP contribution in [0.2, 0.25) is 0 Å². The molecule has 0 aliphatic rings. The number of carbonyl (C=O) groups is 1. The summed E-state index contributed by atoms with van der Waals surface area (Å²) in [6.07, 6.45) is 4.83. The zero-order valence-corrected chi connectivity index (χ0v) is 13.5. The van der Waals surface area contributed by atoms with Gasteiger partial charge in [0.25, 0.3) is 0 Å². The number of ether oxygens (including phenoxy) is 1. The predicted molar refractivity (Wildman–Crippen MR) is 91.7 cm³/mol. The van der Waals surface area contributed by atoms with Crippen LogP contribution in [0.4, 0.5) is 28.6 Å². The van der Waals surface area contributed by atoms with E-state index in [0.717, 1.165) is 11.4 Å². The molecular weight excluding hydrogens is 296 g/mol. The molecule has 0 saturated carbocycles. The van der Waals surface area contributed by atoms with Crippen LogP contribution in [0.5, 0.6) is 5.75 Å². The van der Waals surface area contributed by atoms with Gasteiger partial charge in [0.15, 0.2) is 5.75 Å². The van der Waals surface area contributed by atoms with Crippen molar-refractivity contribution < 1.29 is 9.53 Å². The van der Waals surface area contributed by atoms with Crippen molar-refractivity contribution in [3.8, 4) is 5.75 Å². The van der Waals surface area contributed by atoms with Crippen LogP contribution in [-0.2, 0) is 4.79 Å². The van der Waals surface area contributed by atoms with Gasteiger partial charge in [-0.05, 0) is 6.07 Å². The first-order valence-corrected chi connectivity index (χ1v) is 7.06. The minimum absolute atomic E-state index is 0.394. The average molecular weight is 316 g/mol. The van der Waals surface area contributed by atoms with Crippen molar-refractivity contribution in [2.75, 3.05) is 42.4 Å². The molecule has 0 atom stereocenters. The van der Waals surface area contributed by atoms with Gasteiger partial charge in [-0.1, -0.05) is 0 Å². The smallest absolute Gasteiger partial charge is 0.308 e. The number of hydrogen-bond donors (Lipinski definition) is 4. The lowest BCUT2D eigenvalue weighted by molar-refractivity contribution is -0.131. The van der Waals surface area contributed by atoms with E-state index in [9.17, 15) is 4.79 Å². The topological polar surface area (TPSA) is 100 Å². The number of hydrogen-bond acceptors (Lipinski definition) is 8. The third kappa shape index (κ3) is 3.60. The Labute approximate surface area is 134 Å². The highest BCUT2D eigenvalue weighted by Crippen LogP contribution is 2.45. The highest BCUT2D eigenvalue weighted by atomic mass is 16.5. The van der Waals surface area contributed by atoms with E-state index in [1.807, 2.05) is 6.07 Å². The Hall–Kier alpha value is -3.03. The molecule has 0 spiro atoms. The number of esters is 1. The first-order chi connectivity index (χ1) is 11.1. The van der Waals surface area contributed by atoms with Gasteiger partial charge in [-0.3, -0.25) is 9.78 Å². The molecule has 0 aliphatic heterocycles. The number of benzene rings is 1. The lowest BCUT2D eigenvalue weighted by Gasteiger charge is -2.21. The van der Waals surface area contributed by atoms with Crippen LogP contribution < -0.4 is 26.0 Å². The summed E-state index contributed by atoms with van der Waals surface area (Å²) in [4.78, 5) is 19.6. The van der Waals surface area contributed by atoms with E-state index in [1.165, 1.54) is 6.92 Å². The van der Waals surface area contributed by atoms with Gasteiger partial charge in [-0.2, -0.15) is 0 Å². The van der Waals surface area contributed by atoms with E-state index in [-0.39, 0.29) is 0 Å². The zero-order valence-electron chi connectivity index (χ0n) is 13.5. The Balaban J connectivity index is 2.56. The number of anilines is 5. The van der Waals surface area contributed by atoms with E-state index < -0.39 is 5.97 Å². The van der Waals surface area contributed by atoms with Crippen LogP contribution in [0.25, 0.3) is 0 Å². The second-order valence-electron chi connectivity index (χ2n) is 4.61. The number of carbonyl (C=O) groups excluding carboxylic acids is 1. The molecule has 1 aromatic heterocycles. The Kier molecular flexibility index (Phi) is 5.19. The fourth-order valence-electron chi connectivity index (χ4n) is 2.20. The largest absolute Gasteiger partial charge is 0.422 e. The molecule has 8 heteroatoms. The van der Waals surface area contributed by atoms with Crippen molar-refractivity contribution >= 4 is 34.5 Å². The standard InChI is InChI=1S/C15H20N6O2/c1-9(22)23-15-11(16-2)7-10(13(17-3)14(15)18-4)21-12-8-19-5-6-20-12/h5-8,16-18H,1-4H3,(H,20,21). The molecule has 8 nitrogen and oxygen atoms in total. The van der Waals surface area contributed by atoms with Crippen molar-refractivity contribution in [2.45, 2.75) is 6.92 Å². The minimum atomic E-state index is -0.394. The van der Waals surface area contributed by atoms with E-state index in [1.54, 1.807) is 39.7 Å². The van der Waals surface area contributed by atoms with Crippen molar-refractivity contribution in [2.24, 2.45) is 0 Å². The maximum absolute atomic E-state index is 11.4. The Morgan fingerprint density at radius 1 is 1.04 bits per heavy atom. The van der Waals surface area contributed by atoms with Crippen LogP contribution in [0.15, 0.2) is 24.7 Å². The van der Waals surface area contributed by atoms with Crippen LogP contribution >= 0.6 is 0 Å². The summed E-state index contributed by atoms with van der Waals surface area (Å²) < 4.78 is 5.35. The van der Waals surface area contributed by atoms with Gasteiger partial charge < -0.3 is 26.0 Å². The molecule has 0 bridgehead atoms. The summed E-state index contributed by atoms with van der Waals surface area (Å²) in [6.45, 7) is 1.36. The van der Waals surface area contributed by atoms with Gasteiger partial charge in [-0.25, -0.2) is 4.98 Å². The molecule has 1 aromatic carbocycles. The second-order valence-corrected chi connectivity index (χ2v) is 4.61. The summed E-state index contributed by atoms with van der Waals surface area (Å²) in [5.74, 6) is 0.638. The van der Waals surface area contributed by atoms with Gasteiger partial charge in [0, 0.05) is 40.5 Å². The molecule has 0 unspecified atom stereocenters. The van der Waals surface area contributed by atoms with Crippen molar-refractivity contribution in [3.05, 3.63) is 24.7 Å². The zero-order chi connectivity index (χ0) is 16.8. The molecule has 2 rings (SSSR count). The van der Waals surface area contributed by atoms with E-state index in [4.69, 9.17) is 4.74 Å². The van der Waals surface area contributed by atoms with Crippen LogP contribution in [0, 0.1) is 0 Å². The summed E-state index contributed by atoms with van der Waals surface area (Å²) in [5, 5.41) is 12.4. The first kappa shape index (κ1) is 16.3. The van der Waals surface area contributed by atoms with Gasteiger partial charge in [0.05, 0.1) is 23.3 Å². The van der Waals surface area contributed by atoms with Crippen molar-refractivity contribution in [3.63, 3.8) is 0 Å². The van der Waals surface area contributed by atoms with Gasteiger partial charge in [0.2, 0.25) is 0 Å². The molecule has 4 N–H and O–H groups in total. The molecule has 1 heterocycles.